The fourth-order valence-electron chi connectivity index (χ4n) is 1.88. The van der Waals surface area contributed by atoms with Gasteiger partial charge in [0.2, 0.25) is 0 Å². The summed E-state index contributed by atoms with van der Waals surface area (Å²) < 4.78 is 0. The number of rotatable bonds is 2. The third-order valence-electron chi connectivity index (χ3n) is 3.15. The lowest BCUT2D eigenvalue weighted by atomic mass is 9.87. The average Bonchev–Trinajstić information content (AvgIpc) is 2.47. The van der Waals surface area contributed by atoms with Gasteiger partial charge in [-0.3, -0.25) is 10.1 Å². The Morgan fingerprint density at radius 2 is 1.77 bits per heavy atom. The van der Waals surface area contributed by atoms with Gasteiger partial charge in [-0.2, -0.15) is 0 Å². The smallest absolute Gasteiger partial charge is 0.257 e. The number of hydrogen-bond acceptors (Lipinski definition) is 3. The molecule has 0 aliphatic heterocycles. The van der Waals surface area contributed by atoms with Crippen LogP contribution in [0.25, 0.3) is 0 Å². The molecule has 0 fully saturated rings. The molecular formula is C17H19N3OS. The Hall–Kier alpha value is -2.27. The van der Waals surface area contributed by atoms with E-state index in [4.69, 9.17) is 12.2 Å². The van der Waals surface area contributed by atoms with Crippen molar-refractivity contribution in [1.82, 2.24) is 10.3 Å². The van der Waals surface area contributed by atoms with E-state index in [1.54, 1.807) is 24.4 Å². The highest BCUT2D eigenvalue weighted by atomic mass is 32.1. The van der Waals surface area contributed by atoms with Crippen molar-refractivity contribution in [3.05, 3.63) is 59.8 Å². The maximum absolute atomic E-state index is 12.1. The summed E-state index contributed by atoms with van der Waals surface area (Å²) in [7, 11) is 0. The van der Waals surface area contributed by atoms with Crippen LogP contribution in [0.15, 0.2) is 48.7 Å². The van der Waals surface area contributed by atoms with Crippen molar-refractivity contribution in [3.63, 3.8) is 0 Å². The highest BCUT2D eigenvalue weighted by molar-refractivity contribution is 7.80. The number of nitrogens with zero attached hydrogens (tertiary/aromatic N) is 1. The summed E-state index contributed by atoms with van der Waals surface area (Å²) in [5.41, 5.74) is 1.81. The Kier molecular flexibility index (Phi) is 4.88. The first kappa shape index (κ1) is 16.1. The van der Waals surface area contributed by atoms with Crippen LogP contribution in [0.5, 0.6) is 0 Å². The molecule has 0 saturated heterocycles. The second-order valence-electron chi connectivity index (χ2n) is 5.95. The molecule has 0 aliphatic rings. The summed E-state index contributed by atoms with van der Waals surface area (Å²) in [6, 6.07) is 13.0. The minimum absolute atomic E-state index is 0.0604. The largest absolute Gasteiger partial charge is 0.317 e. The van der Waals surface area contributed by atoms with Gasteiger partial charge in [0.15, 0.2) is 5.11 Å². The third-order valence-corrected chi connectivity index (χ3v) is 3.35. The number of pyridine rings is 1. The Morgan fingerprint density at radius 1 is 1.09 bits per heavy atom. The molecule has 0 spiro atoms. The molecule has 2 N–H and O–H groups in total. The monoisotopic (exact) mass is 313 g/mol. The van der Waals surface area contributed by atoms with Crippen LogP contribution in [0.1, 0.15) is 36.7 Å². The van der Waals surface area contributed by atoms with Crippen LogP contribution in [0.2, 0.25) is 0 Å². The molecule has 1 amide bonds. The minimum atomic E-state index is -0.242. The normalized spacial score (nSPS) is 10.9. The van der Waals surface area contributed by atoms with E-state index in [0.29, 0.717) is 11.4 Å². The Bertz CT molecular complexity index is 661. The maximum atomic E-state index is 12.1. The highest BCUT2D eigenvalue weighted by Gasteiger charge is 2.14. The molecule has 1 heterocycles. The number of benzene rings is 1. The standard InChI is InChI=1S/C17H19N3OS/c1-17(2,3)13-9-7-12(8-10-13)15(21)20-16(22)19-14-6-4-5-11-18-14/h4-11H,1-3H3,(H2,18,19,20,21,22). The fourth-order valence-corrected chi connectivity index (χ4v) is 2.08. The highest BCUT2D eigenvalue weighted by Crippen LogP contribution is 2.22. The predicted octanol–water partition coefficient (Wildman–Crippen LogP) is 3.51. The maximum Gasteiger partial charge on any atom is 0.257 e. The molecule has 0 saturated carbocycles. The molecule has 114 valence electrons. The van der Waals surface area contributed by atoms with Crippen LogP contribution in [0.3, 0.4) is 0 Å². The van der Waals surface area contributed by atoms with Crippen LogP contribution >= 0.6 is 12.2 Å². The van der Waals surface area contributed by atoms with Crippen molar-refractivity contribution in [2.45, 2.75) is 26.2 Å². The predicted molar refractivity (Wildman–Crippen MR) is 93.1 cm³/mol. The Morgan fingerprint density at radius 3 is 2.32 bits per heavy atom. The van der Waals surface area contributed by atoms with Gasteiger partial charge in [0.25, 0.3) is 5.91 Å². The van der Waals surface area contributed by atoms with E-state index in [-0.39, 0.29) is 16.4 Å². The first-order valence-electron chi connectivity index (χ1n) is 7.00. The number of hydrogen-bond donors (Lipinski definition) is 2. The molecule has 2 rings (SSSR count). The molecule has 0 bridgehead atoms. The van der Waals surface area contributed by atoms with Crippen LogP contribution < -0.4 is 10.6 Å². The van der Waals surface area contributed by atoms with Crippen LogP contribution in [0, 0.1) is 0 Å². The zero-order chi connectivity index (χ0) is 16.2. The molecule has 1 aromatic heterocycles. The zero-order valence-electron chi connectivity index (χ0n) is 12.9. The SMILES string of the molecule is CC(C)(C)c1ccc(C(=O)NC(=S)Nc2ccccn2)cc1. The first-order valence-corrected chi connectivity index (χ1v) is 7.41. The number of anilines is 1. The number of carbonyl (C=O) groups excluding carboxylic acids is 1. The zero-order valence-corrected chi connectivity index (χ0v) is 13.7. The summed E-state index contributed by atoms with van der Waals surface area (Å²) in [4.78, 5) is 16.2. The lowest BCUT2D eigenvalue weighted by Crippen LogP contribution is -2.34. The van der Waals surface area contributed by atoms with Crippen LogP contribution in [-0.2, 0) is 5.41 Å². The van der Waals surface area contributed by atoms with Crippen molar-refractivity contribution < 1.29 is 4.79 Å². The lowest BCUT2D eigenvalue weighted by molar-refractivity contribution is 0.0977. The summed E-state index contributed by atoms with van der Waals surface area (Å²) in [5.74, 6) is 0.352. The van der Waals surface area contributed by atoms with Gasteiger partial charge < -0.3 is 5.32 Å². The van der Waals surface area contributed by atoms with Gasteiger partial charge in [-0.05, 0) is 47.5 Å². The molecule has 0 radical (unpaired) electrons. The summed E-state index contributed by atoms with van der Waals surface area (Å²) in [5, 5.41) is 5.74. The van der Waals surface area contributed by atoms with Gasteiger partial charge in [-0.25, -0.2) is 4.98 Å². The van der Waals surface area contributed by atoms with Gasteiger partial charge in [0.1, 0.15) is 5.82 Å². The van der Waals surface area contributed by atoms with Gasteiger partial charge in [0, 0.05) is 11.8 Å². The van der Waals surface area contributed by atoms with E-state index in [0.717, 1.165) is 0 Å². The molecule has 22 heavy (non-hydrogen) atoms. The molecule has 4 nitrogen and oxygen atoms in total. The number of nitrogens with one attached hydrogen (secondary N) is 2. The number of carbonyl (C=O) groups is 1. The topological polar surface area (TPSA) is 54.0 Å². The van der Waals surface area contributed by atoms with E-state index >= 15 is 0 Å². The molecule has 5 heteroatoms. The second kappa shape index (κ2) is 6.66. The van der Waals surface area contributed by atoms with Crippen molar-refractivity contribution in [3.8, 4) is 0 Å². The van der Waals surface area contributed by atoms with Gasteiger partial charge in [0.05, 0.1) is 0 Å². The molecular weight excluding hydrogens is 294 g/mol. The fraction of sp³-hybridized carbons (Fsp3) is 0.235. The van der Waals surface area contributed by atoms with Gasteiger partial charge >= 0.3 is 0 Å². The molecule has 0 atom stereocenters. The van der Waals surface area contributed by atoms with Crippen LogP contribution in [-0.4, -0.2) is 16.0 Å². The third kappa shape index (κ3) is 4.36. The van der Waals surface area contributed by atoms with E-state index in [9.17, 15) is 4.79 Å². The summed E-state index contributed by atoms with van der Waals surface area (Å²) in [6.07, 6.45) is 1.65. The number of thiocarbonyl (C=S) groups is 1. The van der Waals surface area contributed by atoms with E-state index in [1.807, 2.05) is 24.3 Å². The molecule has 0 unspecified atom stereocenters. The average molecular weight is 313 g/mol. The Balaban J connectivity index is 1.98. The Labute approximate surface area is 136 Å². The minimum Gasteiger partial charge on any atom is -0.317 e. The molecule has 1 aromatic carbocycles. The number of amides is 1. The van der Waals surface area contributed by atoms with E-state index < -0.39 is 0 Å². The van der Waals surface area contributed by atoms with Crippen molar-refractivity contribution in [2.75, 3.05) is 5.32 Å². The van der Waals surface area contributed by atoms with E-state index in [2.05, 4.69) is 36.4 Å². The summed E-state index contributed by atoms with van der Waals surface area (Å²) in [6.45, 7) is 6.40. The number of aromatic nitrogens is 1. The van der Waals surface area contributed by atoms with Crippen molar-refractivity contribution in [1.29, 1.82) is 0 Å². The van der Waals surface area contributed by atoms with Crippen molar-refractivity contribution in [2.24, 2.45) is 0 Å². The lowest BCUT2D eigenvalue weighted by Gasteiger charge is -2.19. The van der Waals surface area contributed by atoms with Crippen LogP contribution in [0.4, 0.5) is 5.82 Å². The van der Waals surface area contributed by atoms with Crippen molar-refractivity contribution >= 4 is 29.1 Å². The van der Waals surface area contributed by atoms with Gasteiger partial charge in [-0.1, -0.05) is 39.0 Å². The van der Waals surface area contributed by atoms with Gasteiger partial charge in [-0.15, -0.1) is 0 Å². The second-order valence-corrected chi connectivity index (χ2v) is 6.36. The first-order chi connectivity index (χ1) is 10.4. The quantitative estimate of drug-likeness (QED) is 0.833. The summed E-state index contributed by atoms with van der Waals surface area (Å²) >= 11 is 5.11. The molecule has 2 aromatic rings. The van der Waals surface area contributed by atoms with E-state index in [1.165, 1.54) is 5.56 Å². The molecule has 0 aliphatic carbocycles.